The number of hydrogen-bond acceptors (Lipinski definition) is 2. The highest BCUT2D eigenvalue weighted by atomic mass is 32.2. The van der Waals surface area contributed by atoms with Crippen LogP contribution in [0.4, 0.5) is 14.5 Å². The molecule has 2 rings (SSSR count). The van der Waals surface area contributed by atoms with Gasteiger partial charge in [0, 0.05) is 16.6 Å². The number of benzene rings is 2. The van der Waals surface area contributed by atoms with Gasteiger partial charge in [0.05, 0.1) is 0 Å². The zero-order valence-electron chi connectivity index (χ0n) is 11.4. The van der Waals surface area contributed by atoms with Crippen LogP contribution in [0, 0.1) is 6.92 Å². The van der Waals surface area contributed by atoms with E-state index in [1.165, 1.54) is 11.1 Å². The lowest BCUT2D eigenvalue weighted by Crippen LogP contribution is -2.09. The second-order valence-electron chi connectivity index (χ2n) is 4.60. The van der Waals surface area contributed by atoms with Gasteiger partial charge in [-0.15, -0.1) is 0 Å². The molecule has 0 saturated heterocycles. The number of aryl methyl sites for hydroxylation is 1. The molecule has 4 heteroatoms. The van der Waals surface area contributed by atoms with E-state index in [4.69, 9.17) is 0 Å². The number of halogens is 2. The standard InChI is InChI=1S/C16H17F2NS/c1-11-7-3-4-8-13(11)12(2)19-14-9-5-6-10-15(14)20-16(17)18/h3-10,12,16,19H,1-2H3. The molecule has 2 aromatic rings. The van der Waals surface area contributed by atoms with Crippen LogP contribution in [-0.2, 0) is 0 Å². The first-order valence-electron chi connectivity index (χ1n) is 6.44. The van der Waals surface area contributed by atoms with Gasteiger partial charge in [-0.3, -0.25) is 0 Å². The van der Waals surface area contributed by atoms with Gasteiger partial charge in [-0.25, -0.2) is 0 Å². The highest BCUT2D eigenvalue weighted by molar-refractivity contribution is 7.99. The van der Waals surface area contributed by atoms with Crippen LogP contribution in [0.3, 0.4) is 0 Å². The molecule has 0 aliphatic heterocycles. The average molecular weight is 293 g/mol. The first-order valence-corrected chi connectivity index (χ1v) is 7.32. The van der Waals surface area contributed by atoms with Crippen molar-refractivity contribution in [1.82, 2.24) is 0 Å². The molecule has 0 amide bonds. The molecule has 1 unspecified atom stereocenters. The summed E-state index contributed by atoms with van der Waals surface area (Å²) in [6, 6.07) is 15.3. The summed E-state index contributed by atoms with van der Waals surface area (Å²) in [5.41, 5.74) is 3.10. The zero-order chi connectivity index (χ0) is 14.5. The van der Waals surface area contributed by atoms with Crippen LogP contribution in [0.25, 0.3) is 0 Å². The number of alkyl halides is 2. The minimum Gasteiger partial charge on any atom is -0.378 e. The molecule has 2 aromatic carbocycles. The van der Waals surface area contributed by atoms with E-state index in [9.17, 15) is 8.78 Å². The first-order chi connectivity index (χ1) is 9.58. The second-order valence-corrected chi connectivity index (χ2v) is 5.63. The summed E-state index contributed by atoms with van der Waals surface area (Å²) in [6.07, 6.45) is 0. The summed E-state index contributed by atoms with van der Waals surface area (Å²) in [6.45, 7) is 4.08. The maximum absolute atomic E-state index is 12.6. The van der Waals surface area contributed by atoms with Gasteiger partial charge in [0.25, 0.3) is 5.76 Å². The first kappa shape index (κ1) is 14.9. The maximum atomic E-state index is 12.6. The van der Waals surface area contributed by atoms with Crippen LogP contribution in [0.15, 0.2) is 53.4 Å². The third-order valence-corrected chi connectivity index (χ3v) is 3.92. The highest BCUT2D eigenvalue weighted by Gasteiger charge is 2.13. The summed E-state index contributed by atoms with van der Waals surface area (Å²) in [7, 11) is 0. The van der Waals surface area contributed by atoms with E-state index >= 15 is 0 Å². The lowest BCUT2D eigenvalue weighted by molar-refractivity contribution is 0.252. The Morgan fingerprint density at radius 1 is 1.00 bits per heavy atom. The summed E-state index contributed by atoms with van der Waals surface area (Å²) in [5, 5.41) is 3.32. The van der Waals surface area contributed by atoms with Gasteiger partial charge in [0.2, 0.25) is 0 Å². The Bertz CT molecular complexity index is 572. The minimum absolute atomic E-state index is 0.0654. The van der Waals surface area contributed by atoms with Gasteiger partial charge < -0.3 is 5.32 Å². The maximum Gasteiger partial charge on any atom is 0.288 e. The monoisotopic (exact) mass is 293 g/mol. The Labute approximate surface area is 122 Å². The molecule has 0 bridgehead atoms. The van der Waals surface area contributed by atoms with Crippen LogP contribution < -0.4 is 5.32 Å². The highest BCUT2D eigenvalue weighted by Crippen LogP contribution is 2.33. The van der Waals surface area contributed by atoms with Gasteiger partial charge in [-0.05, 0) is 37.1 Å². The predicted octanol–water partition coefficient (Wildman–Crippen LogP) is 5.48. The van der Waals surface area contributed by atoms with Crippen molar-refractivity contribution in [3.05, 3.63) is 59.7 Å². The largest absolute Gasteiger partial charge is 0.378 e. The number of thioether (sulfide) groups is 1. The van der Waals surface area contributed by atoms with Crippen LogP contribution in [0.2, 0.25) is 0 Å². The molecule has 0 heterocycles. The van der Waals surface area contributed by atoms with E-state index in [1.54, 1.807) is 12.1 Å². The molecular formula is C16H17F2NS. The molecule has 0 aliphatic carbocycles. The lowest BCUT2D eigenvalue weighted by Gasteiger charge is -2.19. The van der Waals surface area contributed by atoms with Gasteiger partial charge >= 0.3 is 0 Å². The normalized spacial score (nSPS) is 12.4. The fourth-order valence-electron chi connectivity index (χ4n) is 2.17. The van der Waals surface area contributed by atoms with Crippen LogP contribution >= 0.6 is 11.8 Å². The molecule has 1 N–H and O–H groups in total. The van der Waals surface area contributed by atoms with E-state index in [-0.39, 0.29) is 6.04 Å². The van der Waals surface area contributed by atoms with Crippen LogP contribution in [-0.4, -0.2) is 5.76 Å². The number of nitrogens with one attached hydrogen (secondary N) is 1. The van der Waals surface area contributed by atoms with Crippen molar-refractivity contribution in [2.75, 3.05) is 5.32 Å². The number of hydrogen-bond donors (Lipinski definition) is 1. The fraction of sp³-hybridized carbons (Fsp3) is 0.250. The van der Waals surface area contributed by atoms with Crippen molar-refractivity contribution in [2.45, 2.75) is 30.5 Å². The molecule has 0 aliphatic rings. The zero-order valence-corrected chi connectivity index (χ0v) is 12.3. The Kier molecular flexibility index (Phi) is 5.01. The third-order valence-electron chi connectivity index (χ3n) is 3.13. The smallest absolute Gasteiger partial charge is 0.288 e. The van der Waals surface area contributed by atoms with Crippen LogP contribution in [0.1, 0.15) is 24.1 Å². The summed E-state index contributed by atoms with van der Waals surface area (Å²) >= 11 is 0.571. The molecule has 1 nitrogen and oxygen atoms in total. The molecule has 106 valence electrons. The van der Waals surface area contributed by atoms with Crippen molar-refractivity contribution in [3.63, 3.8) is 0 Å². The van der Waals surface area contributed by atoms with Gasteiger partial charge in [-0.2, -0.15) is 8.78 Å². The van der Waals surface area contributed by atoms with Gasteiger partial charge in [0.15, 0.2) is 0 Å². The van der Waals surface area contributed by atoms with Gasteiger partial charge in [-0.1, -0.05) is 48.2 Å². The molecule has 0 aromatic heterocycles. The number of para-hydroxylation sites is 1. The Morgan fingerprint density at radius 2 is 1.65 bits per heavy atom. The number of anilines is 1. The third kappa shape index (κ3) is 3.73. The van der Waals surface area contributed by atoms with E-state index in [0.717, 1.165) is 5.69 Å². The van der Waals surface area contributed by atoms with Crippen LogP contribution in [0.5, 0.6) is 0 Å². The lowest BCUT2D eigenvalue weighted by atomic mass is 10.0. The van der Waals surface area contributed by atoms with E-state index in [2.05, 4.69) is 11.4 Å². The molecule has 0 fully saturated rings. The van der Waals surface area contributed by atoms with E-state index in [0.29, 0.717) is 16.7 Å². The molecular weight excluding hydrogens is 276 g/mol. The second kappa shape index (κ2) is 6.75. The molecule has 0 radical (unpaired) electrons. The Hall–Kier alpha value is -1.55. The minimum atomic E-state index is -2.41. The van der Waals surface area contributed by atoms with Crippen molar-refractivity contribution in [2.24, 2.45) is 0 Å². The van der Waals surface area contributed by atoms with Crippen molar-refractivity contribution in [1.29, 1.82) is 0 Å². The molecule has 0 saturated carbocycles. The average Bonchev–Trinajstić information content (AvgIpc) is 2.41. The molecule has 0 spiro atoms. The Balaban J connectivity index is 2.20. The quantitative estimate of drug-likeness (QED) is 0.732. The van der Waals surface area contributed by atoms with Gasteiger partial charge in [0.1, 0.15) is 0 Å². The summed E-state index contributed by atoms with van der Waals surface area (Å²) in [5.74, 6) is -2.41. The Morgan fingerprint density at radius 3 is 2.35 bits per heavy atom. The fourth-order valence-corrected chi connectivity index (χ4v) is 2.77. The van der Waals surface area contributed by atoms with E-state index in [1.807, 2.05) is 44.2 Å². The van der Waals surface area contributed by atoms with Crippen molar-refractivity contribution < 1.29 is 8.78 Å². The van der Waals surface area contributed by atoms with Crippen molar-refractivity contribution in [3.8, 4) is 0 Å². The van der Waals surface area contributed by atoms with E-state index < -0.39 is 5.76 Å². The van der Waals surface area contributed by atoms with Crippen molar-refractivity contribution >= 4 is 17.4 Å². The summed E-state index contributed by atoms with van der Waals surface area (Å²) in [4.78, 5) is 0.572. The molecule has 1 atom stereocenters. The summed E-state index contributed by atoms with van der Waals surface area (Å²) < 4.78 is 25.1. The topological polar surface area (TPSA) is 12.0 Å². The SMILES string of the molecule is Cc1ccccc1C(C)Nc1ccccc1SC(F)F. The number of rotatable bonds is 5. The predicted molar refractivity (Wildman–Crippen MR) is 81.5 cm³/mol. The molecule has 20 heavy (non-hydrogen) atoms.